The van der Waals surface area contributed by atoms with Crippen LogP contribution in [0.1, 0.15) is 30.0 Å². The largest absolute Gasteiger partial charge is 0.497 e. The summed E-state index contributed by atoms with van der Waals surface area (Å²) in [5, 5.41) is 9.66. The van der Waals surface area contributed by atoms with Crippen LogP contribution in [0.2, 0.25) is 0 Å². The number of anilines is 1. The zero-order valence-corrected chi connectivity index (χ0v) is 15.6. The number of carboxylic acid groups (broad SMARTS) is 1. The van der Waals surface area contributed by atoms with Gasteiger partial charge < -0.3 is 14.7 Å². The van der Waals surface area contributed by atoms with Crippen LogP contribution in [0.4, 0.5) is 5.69 Å². The number of aliphatic carboxylic acids is 1. The summed E-state index contributed by atoms with van der Waals surface area (Å²) in [7, 11) is 5.67. The first kappa shape index (κ1) is 18.3. The molecule has 3 rings (SSSR count). The minimum atomic E-state index is -0.745. The van der Waals surface area contributed by atoms with Crippen molar-refractivity contribution in [1.82, 2.24) is 4.90 Å². The predicted octanol–water partition coefficient (Wildman–Crippen LogP) is 3.40. The van der Waals surface area contributed by atoms with Gasteiger partial charge in [0, 0.05) is 26.3 Å². The van der Waals surface area contributed by atoms with Gasteiger partial charge in [0.15, 0.2) is 0 Å². The molecular weight excluding hydrogens is 328 g/mol. The standard InChI is InChI=1S/C21H26N2O3/c1-22(2)17-10-6-15(7-11-17)20(16-8-12-18(26-3)13-9-16)23-14-4-5-19(23)21(24)25/h6-13,19-20H,4-5,14H2,1-3H3,(H,24,25). The maximum Gasteiger partial charge on any atom is 0.320 e. The zero-order chi connectivity index (χ0) is 18.7. The van der Waals surface area contributed by atoms with E-state index >= 15 is 0 Å². The second-order valence-electron chi connectivity index (χ2n) is 6.90. The molecule has 138 valence electrons. The smallest absolute Gasteiger partial charge is 0.320 e. The summed E-state index contributed by atoms with van der Waals surface area (Å²) < 4.78 is 5.27. The Morgan fingerprint density at radius 1 is 1.12 bits per heavy atom. The number of nitrogens with zero attached hydrogens (tertiary/aromatic N) is 2. The van der Waals surface area contributed by atoms with Gasteiger partial charge in [-0.05, 0) is 48.2 Å². The van der Waals surface area contributed by atoms with Crippen molar-refractivity contribution in [3.05, 3.63) is 59.7 Å². The lowest BCUT2D eigenvalue weighted by atomic mass is 9.96. The molecule has 0 aliphatic carbocycles. The van der Waals surface area contributed by atoms with Crippen LogP contribution in [-0.2, 0) is 4.79 Å². The van der Waals surface area contributed by atoms with Crippen molar-refractivity contribution >= 4 is 11.7 Å². The Hall–Kier alpha value is -2.53. The van der Waals surface area contributed by atoms with E-state index in [1.54, 1.807) is 7.11 Å². The number of ether oxygens (including phenoxy) is 1. The van der Waals surface area contributed by atoms with Gasteiger partial charge in [0.1, 0.15) is 11.8 Å². The van der Waals surface area contributed by atoms with Gasteiger partial charge in [0.05, 0.1) is 13.2 Å². The van der Waals surface area contributed by atoms with Crippen LogP contribution < -0.4 is 9.64 Å². The Morgan fingerprint density at radius 2 is 1.69 bits per heavy atom. The first-order valence-corrected chi connectivity index (χ1v) is 8.91. The van der Waals surface area contributed by atoms with Crippen molar-refractivity contribution in [2.24, 2.45) is 0 Å². The molecule has 26 heavy (non-hydrogen) atoms. The van der Waals surface area contributed by atoms with E-state index in [0.717, 1.165) is 35.5 Å². The highest BCUT2D eigenvalue weighted by molar-refractivity contribution is 5.74. The molecule has 5 heteroatoms. The van der Waals surface area contributed by atoms with Crippen molar-refractivity contribution in [3.8, 4) is 5.75 Å². The summed E-state index contributed by atoms with van der Waals surface area (Å²) in [6, 6.07) is 15.8. The van der Waals surface area contributed by atoms with E-state index in [0.29, 0.717) is 6.42 Å². The van der Waals surface area contributed by atoms with Gasteiger partial charge in [-0.2, -0.15) is 0 Å². The fourth-order valence-corrected chi connectivity index (χ4v) is 3.68. The van der Waals surface area contributed by atoms with Gasteiger partial charge in [0.2, 0.25) is 0 Å². The maximum absolute atomic E-state index is 11.8. The molecule has 0 bridgehead atoms. The number of hydrogen-bond donors (Lipinski definition) is 1. The molecule has 0 radical (unpaired) electrons. The van der Waals surface area contributed by atoms with Crippen molar-refractivity contribution in [1.29, 1.82) is 0 Å². The molecule has 2 unspecified atom stereocenters. The molecule has 1 aliphatic rings. The zero-order valence-electron chi connectivity index (χ0n) is 15.6. The highest BCUT2D eigenvalue weighted by atomic mass is 16.5. The molecule has 1 fully saturated rings. The van der Waals surface area contributed by atoms with Crippen molar-refractivity contribution in [2.75, 3.05) is 32.6 Å². The summed E-state index contributed by atoms with van der Waals surface area (Å²) in [5.74, 6) is 0.0533. The number of benzene rings is 2. The number of methoxy groups -OCH3 is 1. The minimum absolute atomic E-state index is 0.0827. The van der Waals surface area contributed by atoms with Gasteiger partial charge in [-0.25, -0.2) is 0 Å². The molecule has 0 amide bonds. The van der Waals surface area contributed by atoms with Crippen LogP contribution in [0, 0.1) is 0 Å². The summed E-state index contributed by atoms with van der Waals surface area (Å²) in [5.41, 5.74) is 3.31. The Balaban J connectivity index is 2.01. The van der Waals surface area contributed by atoms with Gasteiger partial charge >= 0.3 is 5.97 Å². The molecule has 1 aliphatic heterocycles. The Morgan fingerprint density at radius 3 is 2.19 bits per heavy atom. The van der Waals surface area contributed by atoms with Gasteiger partial charge in [-0.3, -0.25) is 9.69 Å². The van der Waals surface area contributed by atoms with Gasteiger partial charge in [-0.15, -0.1) is 0 Å². The Labute approximate surface area is 154 Å². The van der Waals surface area contributed by atoms with Crippen LogP contribution >= 0.6 is 0 Å². The van der Waals surface area contributed by atoms with Crippen molar-refractivity contribution < 1.29 is 14.6 Å². The van der Waals surface area contributed by atoms with E-state index in [1.807, 2.05) is 38.4 Å². The van der Waals surface area contributed by atoms with E-state index in [1.165, 1.54) is 0 Å². The average molecular weight is 354 g/mol. The number of hydrogen-bond acceptors (Lipinski definition) is 4. The van der Waals surface area contributed by atoms with Crippen LogP contribution in [0.3, 0.4) is 0 Å². The normalized spacial score (nSPS) is 18.5. The molecular formula is C21H26N2O3. The van der Waals surface area contributed by atoms with Crippen LogP contribution in [0.25, 0.3) is 0 Å². The maximum atomic E-state index is 11.8. The predicted molar refractivity (Wildman–Crippen MR) is 103 cm³/mol. The third-order valence-corrected chi connectivity index (χ3v) is 5.07. The number of likely N-dealkylation sites (tertiary alicyclic amines) is 1. The molecule has 2 aromatic rings. The highest BCUT2D eigenvalue weighted by Gasteiger charge is 2.36. The lowest BCUT2D eigenvalue weighted by molar-refractivity contribution is -0.142. The van der Waals surface area contributed by atoms with E-state index in [-0.39, 0.29) is 6.04 Å². The highest BCUT2D eigenvalue weighted by Crippen LogP contribution is 2.36. The monoisotopic (exact) mass is 354 g/mol. The molecule has 1 saturated heterocycles. The molecule has 0 aromatic heterocycles. The molecule has 0 saturated carbocycles. The number of carboxylic acids is 1. The third-order valence-electron chi connectivity index (χ3n) is 5.07. The topological polar surface area (TPSA) is 53.0 Å². The summed E-state index contributed by atoms with van der Waals surface area (Å²) >= 11 is 0. The van der Waals surface area contributed by atoms with E-state index in [4.69, 9.17) is 4.74 Å². The van der Waals surface area contributed by atoms with Crippen LogP contribution in [0.5, 0.6) is 5.75 Å². The molecule has 1 heterocycles. The quantitative estimate of drug-likeness (QED) is 0.862. The third kappa shape index (κ3) is 3.68. The molecule has 2 aromatic carbocycles. The molecule has 0 spiro atoms. The van der Waals surface area contributed by atoms with E-state index in [2.05, 4.69) is 34.1 Å². The fourth-order valence-electron chi connectivity index (χ4n) is 3.68. The SMILES string of the molecule is COc1ccc(C(c2ccc(N(C)C)cc2)N2CCCC2C(=O)O)cc1. The second kappa shape index (κ2) is 7.79. The van der Waals surface area contributed by atoms with Crippen LogP contribution in [0.15, 0.2) is 48.5 Å². The number of rotatable bonds is 6. The second-order valence-corrected chi connectivity index (χ2v) is 6.90. The van der Waals surface area contributed by atoms with E-state index < -0.39 is 12.0 Å². The minimum Gasteiger partial charge on any atom is -0.497 e. The first-order valence-electron chi connectivity index (χ1n) is 8.91. The Kier molecular flexibility index (Phi) is 5.47. The first-order chi connectivity index (χ1) is 12.5. The summed E-state index contributed by atoms with van der Waals surface area (Å²) in [4.78, 5) is 15.9. The lowest BCUT2D eigenvalue weighted by Crippen LogP contribution is -2.39. The number of carbonyl (C=O) groups is 1. The molecule has 1 N–H and O–H groups in total. The van der Waals surface area contributed by atoms with Crippen molar-refractivity contribution in [3.63, 3.8) is 0 Å². The molecule has 2 atom stereocenters. The average Bonchev–Trinajstić information content (AvgIpc) is 3.12. The fraction of sp³-hybridized carbons (Fsp3) is 0.381. The summed E-state index contributed by atoms with van der Waals surface area (Å²) in [6.07, 6.45) is 1.59. The van der Waals surface area contributed by atoms with Crippen LogP contribution in [-0.4, -0.2) is 49.8 Å². The van der Waals surface area contributed by atoms with Gasteiger partial charge in [0.25, 0.3) is 0 Å². The van der Waals surface area contributed by atoms with E-state index in [9.17, 15) is 9.90 Å². The lowest BCUT2D eigenvalue weighted by Gasteiger charge is -2.32. The van der Waals surface area contributed by atoms with Gasteiger partial charge in [-0.1, -0.05) is 24.3 Å². The Bertz CT molecular complexity index is 741. The molecule has 5 nitrogen and oxygen atoms in total. The summed E-state index contributed by atoms with van der Waals surface area (Å²) in [6.45, 7) is 0.781. The van der Waals surface area contributed by atoms with Crippen molar-refractivity contribution in [2.45, 2.75) is 24.9 Å².